The lowest BCUT2D eigenvalue weighted by Crippen LogP contribution is -2.07. The minimum Gasteiger partial charge on any atom is -0.493 e. The lowest BCUT2D eigenvalue weighted by molar-refractivity contribution is 0.267. The van der Waals surface area contributed by atoms with Crippen molar-refractivity contribution in [2.75, 3.05) is 18.5 Å². The molecular weight excluding hydrogens is 457 g/mol. The molecule has 0 aliphatic rings. The van der Waals surface area contributed by atoms with Gasteiger partial charge in [-0.15, -0.1) is 11.3 Å². The number of ether oxygens (including phenoxy) is 1. The zero-order valence-corrected chi connectivity index (χ0v) is 19.0. The van der Waals surface area contributed by atoms with Crippen molar-refractivity contribution in [3.05, 3.63) is 65.6 Å². The molecule has 0 radical (unpaired) electrons. The Kier molecular flexibility index (Phi) is 6.05. The highest BCUT2D eigenvalue weighted by atomic mass is 32.1. The van der Waals surface area contributed by atoms with E-state index in [0.29, 0.717) is 47.1 Å². The number of benzene rings is 2. The zero-order valence-electron chi connectivity index (χ0n) is 18.2. The van der Waals surface area contributed by atoms with Crippen LogP contribution < -0.4 is 10.1 Å². The molecule has 0 unspecified atom stereocenters. The molecule has 0 atom stereocenters. The Hall–Kier alpha value is -4.05. The van der Waals surface area contributed by atoms with Gasteiger partial charge in [0.25, 0.3) is 0 Å². The van der Waals surface area contributed by atoms with Crippen LogP contribution in [-0.4, -0.2) is 38.4 Å². The van der Waals surface area contributed by atoms with Crippen LogP contribution >= 0.6 is 11.3 Å². The van der Waals surface area contributed by atoms with Crippen LogP contribution in [0.2, 0.25) is 0 Å². The molecule has 0 saturated carbocycles. The van der Waals surface area contributed by atoms with E-state index < -0.39 is 6.08 Å². The van der Waals surface area contributed by atoms with E-state index in [0.717, 1.165) is 16.5 Å². The molecule has 2 aromatic carbocycles. The van der Waals surface area contributed by atoms with E-state index in [2.05, 4.69) is 29.9 Å². The van der Waals surface area contributed by atoms with E-state index in [1.807, 2.05) is 42.6 Å². The van der Waals surface area contributed by atoms with Crippen molar-refractivity contribution in [3.63, 3.8) is 0 Å². The van der Waals surface area contributed by atoms with Gasteiger partial charge in [-0.05, 0) is 53.9 Å². The fraction of sp³-hybridized carbons (Fsp3) is 0.167. The van der Waals surface area contributed by atoms with Crippen molar-refractivity contribution < 1.29 is 18.8 Å². The van der Waals surface area contributed by atoms with Crippen LogP contribution in [0.3, 0.4) is 0 Å². The number of fused-ring (bicyclic) bond motifs is 1. The normalized spacial score (nSPS) is 11.1. The maximum Gasteiger partial charge on any atom is 0.415 e. The Labute approximate surface area is 198 Å². The minimum atomic E-state index is -0.508. The summed E-state index contributed by atoms with van der Waals surface area (Å²) in [6.45, 7) is 2.91. The molecule has 0 aliphatic carbocycles. The van der Waals surface area contributed by atoms with Crippen molar-refractivity contribution in [2.45, 2.75) is 13.3 Å². The predicted octanol–water partition coefficient (Wildman–Crippen LogP) is 5.31. The van der Waals surface area contributed by atoms with Gasteiger partial charge >= 0.3 is 6.08 Å². The highest BCUT2D eigenvalue weighted by Gasteiger charge is 2.15. The summed E-state index contributed by atoms with van der Waals surface area (Å²) < 4.78 is 25.3. The molecule has 5 aromatic rings. The molecule has 0 bridgehead atoms. The first-order chi connectivity index (χ1) is 16.6. The summed E-state index contributed by atoms with van der Waals surface area (Å²) in [7, 11) is 0. The fourth-order valence-electron chi connectivity index (χ4n) is 3.65. The summed E-state index contributed by atoms with van der Waals surface area (Å²) in [5.74, 6) is 1.25. The minimum absolute atomic E-state index is 0.184. The lowest BCUT2D eigenvalue weighted by Gasteiger charge is -2.11. The number of hydrogen-bond acceptors (Lipinski definition) is 9. The topological polar surface area (TPSA) is 106 Å². The second-order valence-electron chi connectivity index (χ2n) is 7.43. The second-order valence-corrected chi connectivity index (χ2v) is 8.34. The van der Waals surface area contributed by atoms with Crippen LogP contribution in [0, 0.1) is 5.82 Å². The van der Waals surface area contributed by atoms with Gasteiger partial charge in [0.2, 0.25) is 5.82 Å². The van der Waals surface area contributed by atoms with E-state index in [1.165, 1.54) is 17.7 Å². The first-order valence-corrected chi connectivity index (χ1v) is 11.5. The van der Waals surface area contributed by atoms with E-state index in [9.17, 15) is 9.50 Å². The summed E-state index contributed by atoms with van der Waals surface area (Å²) in [4.78, 5) is 12.5. The number of anilines is 1. The molecule has 5 rings (SSSR count). The summed E-state index contributed by atoms with van der Waals surface area (Å²) in [6.07, 6.45) is 1.63. The first kappa shape index (κ1) is 21.8. The highest BCUT2D eigenvalue weighted by molar-refractivity contribution is 7.17. The smallest absolute Gasteiger partial charge is 0.415 e. The van der Waals surface area contributed by atoms with Crippen molar-refractivity contribution in [1.29, 1.82) is 0 Å². The molecular formula is C24H20FN5O3S. The number of hydrogen-bond donors (Lipinski definition) is 2. The van der Waals surface area contributed by atoms with Crippen LogP contribution in [0.5, 0.6) is 11.8 Å². The second kappa shape index (κ2) is 9.44. The quantitative estimate of drug-likeness (QED) is 0.310. The molecule has 34 heavy (non-hydrogen) atoms. The fourth-order valence-corrected chi connectivity index (χ4v) is 4.44. The Balaban J connectivity index is 1.32. The van der Waals surface area contributed by atoms with Gasteiger partial charge in [-0.3, -0.25) is 4.52 Å². The summed E-state index contributed by atoms with van der Waals surface area (Å²) in [5, 5.41) is 19.2. The average Bonchev–Trinajstić information content (AvgIpc) is 3.49. The molecule has 172 valence electrons. The number of nitrogens with one attached hydrogen (secondary N) is 1. The number of aromatic hydroxyl groups is 1. The number of nitrogens with zero attached hydrogens (tertiary/aromatic N) is 4. The molecule has 8 nitrogen and oxygen atoms in total. The van der Waals surface area contributed by atoms with Crippen molar-refractivity contribution >= 4 is 27.2 Å². The van der Waals surface area contributed by atoms with E-state index in [4.69, 9.17) is 4.74 Å². The molecule has 0 amide bonds. The Morgan fingerprint density at radius 3 is 2.88 bits per heavy atom. The Bertz CT molecular complexity index is 1450. The molecule has 0 spiro atoms. The summed E-state index contributed by atoms with van der Waals surface area (Å²) in [6, 6.07) is 12.9. The SMILES string of the molecule is CCOc1cc(-c2cc(NCCc3cc(F)c4sccc4c3)ncn2)ccc1-c1noc(O)n1. The van der Waals surface area contributed by atoms with Crippen LogP contribution in [0.1, 0.15) is 12.5 Å². The van der Waals surface area contributed by atoms with E-state index in [1.54, 1.807) is 12.1 Å². The molecule has 2 N–H and O–H groups in total. The van der Waals surface area contributed by atoms with Gasteiger partial charge in [0.05, 0.1) is 22.6 Å². The summed E-state index contributed by atoms with van der Waals surface area (Å²) in [5.41, 5.74) is 3.04. The molecule has 10 heteroatoms. The third-order valence-corrected chi connectivity index (χ3v) is 6.12. The summed E-state index contributed by atoms with van der Waals surface area (Å²) >= 11 is 1.41. The van der Waals surface area contributed by atoms with Crippen molar-refractivity contribution in [2.24, 2.45) is 0 Å². The lowest BCUT2D eigenvalue weighted by atomic mass is 10.1. The monoisotopic (exact) mass is 477 g/mol. The largest absolute Gasteiger partial charge is 0.493 e. The van der Waals surface area contributed by atoms with Gasteiger partial charge in [0.15, 0.2) is 0 Å². The third kappa shape index (κ3) is 4.53. The van der Waals surface area contributed by atoms with Crippen LogP contribution in [0.15, 0.2) is 58.7 Å². The number of halogens is 1. The van der Waals surface area contributed by atoms with Crippen molar-refractivity contribution in [1.82, 2.24) is 20.1 Å². The van der Waals surface area contributed by atoms with Gasteiger partial charge in [-0.2, -0.15) is 4.98 Å². The zero-order chi connectivity index (χ0) is 23.5. The molecule has 3 heterocycles. The highest BCUT2D eigenvalue weighted by Crippen LogP contribution is 2.33. The first-order valence-electron chi connectivity index (χ1n) is 10.6. The standard InChI is InChI=1S/C24H20FN5O3S/c1-2-32-20-11-15(3-4-17(20)23-29-24(31)33-30-23)19-12-21(28-13-27-19)26-7-5-14-9-16-6-8-34-22(16)18(25)10-14/h3-4,6,8-13H,2,5,7H2,1H3,(H,26,27,28)(H,29,30,31). The third-order valence-electron chi connectivity index (χ3n) is 5.19. The van der Waals surface area contributed by atoms with Gasteiger partial charge in [-0.1, -0.05) is 17.3 Å². The molecule has 0 aliphatic heterocycles. The van der Waals surface area contributed by atoms with Crippen LogP contribution in [-0.2, 0) is 6.42 Å². The van der Waals surface area contributed by atoms with Crippen LogP contribution in [0.25, 0.3) is 32.7 Å². The average molecular weight is 478 g/mol. The van der Waals surface area contributed by atoms with Gasteiger partial charge in [-0.25, -0.2) is 14.4 Å². The van der Waals surface area contributed by atoms with Gasteiger partial charge in [0.1, 0.15) is 23.7 Å². The Morgan fingerprint density at radius 2 is 2.06 bits per heavy atom. The van der Waals surface area contributed by atoms with Gasteiger partial charge in [0, 0.05) is 18.2 Å². The van der Waals surface area contributed by atoms with Gasteiger partial charge < -0.3 is 15.2 Å². The number of rotatable bonds is 8. The number of aromatic nitrogens is 4. The van der Waals surface area contributed by atoms with E-state index >= 15 is 0 Å². The Morgan fingerprint density at radius 1 is 1.15 bits per heavy atom. The van der Waals surface area contributed by atoms with Crippen LogP contribution in [0.4, 0.5) is 10.2 Å². The maximum absolute atomic E-state index is 14.2. The maximum atomic E-state index is 14.2. The predicted molar refractivity (Wildman–Crippen MR) is 128 cm³/mol. The molecule has 0 saturated heterocycles. The molecule has 0 fully saturated rings. The van der Waals surface area contributed by atoms with Crippen molar-refractivity contribution in [3.8, 4) is 34.5 Å². The number of thiophene rings is 1. The molecule has 3 aromatic heterocycles. The van der Waals surface area contributed by atoms with E-state index in [-0.39, 0.29) is 11.6 Å².